The average Bonchev–Trinajstić information content (AvgIpc) is 2.46. The Kier molecular flexibility index (Phi) is 5.10. The molecule has 6 nitrogen and oxygen atoms in total. The minimum Gasteiger partial charge on any atom is -0.465 e. The molecule has 0 aromatic heterocycles. The lowest BCUT2D eigenvalue weighted by atomic mass is 9.84. The van der Waals surface area contributed by atoms with Crippen molar-refractivity contribution in [2.24, 2.45) is 0 Å². The molecule has 0 saturated heterocycles. The van der Waals surface area contributed by atoms with E-state index in [1.807, 2.05) is 6.07 Å². The van der Waals surface area contributed by atoms with Crippen LogP contribution in [0.1, 0.15) is 19.4 Å². The number of carbonyl (C=O) groups is 1. The molecule has 0 aliphatic rings. The Bertz CT molecular complexity index is 676. The number of nitriles is 1. The average molecular weight is 310 g/mol. The van der Waals surface area contributed by atoms with E-state index in [1.165, 1.54) is 33.2 Å². The maximum atomic E-state index is 12.4. The van der Waals surface area contributed by atoms with Crippen LogP contribution < -0.4 is 0 Å². The van der Waals surface area contributed by atoms with Crippen molar-refractivity contribution < 1.29 is 17.9 Å². The Labute approximate surface area is 125 Å². The van der Waals surface area contributed by atoms with Crippen molar-refractivity contribution in [2.75, 3.05) is 20.7 Å². The molecule has 0 radical (unpaired) electrons. The second-order valence-corrected chi connectivity index (χ2v) is 6.86. The van der Waals surface area contributed by atoms with Crippen LogP contribution in [0.5, 0.6) is 0 Å². The fourth-order valence-corrected chi connectivity index (χ4v) is 2.99. The third-order valence-electron chi connectivity index (χ3n) is 3.09. The highest BCUT2D eigenvalue weighted by atomic mass is 32.2. The van der Waals surface area contributed by atoms with Crippen LogP contribution in [0.15, 0.2) is 29.2 Å². The van der Waals surface area contributed by atoms with E-state index in [0.717, 1.165) is 4.31 Å². The summed E-state index contributed by atoms with van der Waals surface area (Å²) >= 11 is 0. The van der Waals surface area contributed by atoms with E-state index < -0.39 is 21.4 Å². The number of ether oxygens (including phenoxy) is 1. The maximum absolute atomic E-state index is 12.4. The molecular formula is C14H18N2O4S. The Morgan fingerprint density at radius 2 is 1.95 bits per heavy atom. The van der Waals surface area contributed by atoms with Crippen LogP contribution in [0.25, 0.3) is 0 Å². The predicted molar refractivity (Wildman–Crippen MR) is 76.9 cm³/mol. The third kappa shape index (κ3) is 3.06. The Hall–Kier alpha value is -1.91. The minimum absolute atomic E-state index is 0.0768. The van der Waals surface area contributed by atoms with Crippen molar-refractivity contribution in [3.63, 3.8) is 0 Å². The van der Waals surface area contributed by atoms with Crippen LogP contribution in [0.3, 0.4) is 0 Å². The molecule has 0 N–H and O–H groups in total. The lowest BCUT2D eigenvalue weighted by Gasteiger charge is -2.24. The highest BCUT2D eigenvalue weighted by molar-refractivity contribution is 7.89. The van der Waals surface area contributed by atoms with E-state index in [1.54, 1.807) is 19.1 Å². The highest BCUT2D eigenvalue weighted by Gasteiger charge is 2.41. The van der Waals surface area contributed by atoms with Gasteiger partial charge in [0, 0.05) is 19.7 Å². The Morgan fingerprint density at radius 1 is 1.38 bits per heavy atom. The second-order valence-electron chi connectivity index (χ2n) is 4.74. The molecule has 0 spiro atoms. The number of nitrogens with zero attached hydrogens (tertiary/aromatic N) is 2. The molecular weight excluding hydrogens is 292 g/mol. The van der Waals surface area contributed by atoms with E-state index in [-0.39, 0.29) is 17.1 Å². The number of hydrogen-bond acceptors (Lipinski definition) is 5. The summed E-state index contributed by atoms with van der Waals surface area (Å²) in [7, 11) is -0.997. The summed E-state index contributed by atoms with van der Waals surface area (Å²) in [5.41, 5.74) is -1.57. The molecule has 0 fully saturated rings. The van der Waals surface area contributed by atoms with Gasteiger partial charge in [-0.05, 0) is 19.9 Å². The normalized spacial score (nSPS) is 14.3. The number of rotatable bonds is 5. The third-order valence-corrected chi connectivity index (χ3v) is 4.96. The van der Waals surface area contributed by atoms with Gasteiger partial charge >= 0.3 is 5.97 Å². The molecule has 1 rings (SSSR count). The van der Waals surface area contributed by atoms with Gasteiger partial charge in [0.25, 0.3) is 0 Å². The predicted octanol–water partition coefficient (Wildman–Crippen LogP) is 1.28. The van der Waals surface area contributed by atoms with Crippen LogP contribution >= 0.6 is 0 Å². The van der Waals surface area contributed by atoms with Gasteiger partial charge in [-0.2, -0.15) is 5.26 Å². The van der Waals surface area contributed by atoms with Gasteiger partial charge in [-0.1, -0.05) is 18.2 Å². The fourth-order valence-electron chi connectivity index (χ4n) is 1.79. The fraction of sp³-hybridized carbons (Fsp3) is 0.429. The topological polar surface area (TPSA) is 87.5 Å². The zero-order valence-electron chi connectivity index (χ0n) is 12.5. The first-order chi connectivity index (χ1) is 9.71. The summed E-state index contributed by atoms with van der Waals surface area (Å²) in [5, 5.41) is 9.41. The van der Waals surface area contributed by atoms with Crippen molar-refractivity contribution in [2.45, 2.75) is 24.2 Å². The van der Waals surface area contributed by atoms with Crippen molar-refractivity contribution in [3.05, 3.63) is 29.8 Å². The van der Waals surface area contributed by atoms with Crippen LogP contribution in [-0.4, -0.2) is 39.4 Å². The molecule has 1 aromatic carbocycles. The number of sulfonamides is 1. The standard InChI is InChI=1S/C14H18N2O4S/c1-5-20-13(17)14(2,10-15)11-8-6-7-9-12(11)21(18,19)16(3)4/h6-9H,5H2,1-4H3. The zero-order chi connectivity index (χ0) is 16.3. The van der Waals surface area contributed by atoms with Crippen LogP contribution in [0.2, 0.25) is 0 Å². The molecule has 1 atom stereocenters. The highest BCUT2D eigenvalue weighted by Crippen LogP contribution is 2.31. The molecule has 1 unspecified atom stereocenters. The molecule has 0 saturated carbocycles. The first-order valence-corrected chi connectivity index (χ1v) is 7.76. The smallest absolute Gasteiger partial charge is 0.330 e. The molecule has 21 heavy (non-hydrogen) atoms. The molecule has 0 heterocycles. The Balaban J connectivity index is 3.58. The molecule has 0 aliphatic heterocycles. The molecule has 114 valence electrons. The lowest BCUT2D eigenvalue weighted by molar-refractivity contribution is -0.147. The van der Waals surface area contributed by atoms with Crippen molar-refractivity contribution in [3.8, 4) is 6.07 Å². The lowest BCUT2D eigenvalue weighted by Crippen LogP contribution is -2.35. The summed E-state index contributed by atoms with van der Waals surface area (Å²) in [6.07, 6.45) is 0. The van der Waals surface area contributed by atoms with E-state index >= 15 is 0 Å². The van der Waals surface area contributed by atoms with Crippen molar-refractivity contribution in [1.29, 1.82) is 5.26 Å². The van der Waals surface area contributed by atoms with Gasteiger partial charge in [0.05, 0.1) is 17.6 Å². The van der Waals surface area contributed by atoms with Gasteiger partial charge in [-0.15, -0.1) is 0 Å². The van der Waals surface area contributed by atoms with Gasteiger partial charge in [0.1, 0.15) is 0 Å². The largest absolute Gasteiger partial charge is 0.465 e. The van der Waals surface area contributed by atoms with Gasteiger partial charge < -0.3 is 4.74 Å². The van der Waals surface area contributed by atoms with Crippen molar-refractivity contribution in [1.82, 2.24) is 4.31 Å². The number of benzene rings is 1. The van der Waals surface area contributed by atoms with Gasteiger partial charge in [-0.3, -0.25) is 0 Å². The van der Waals surface area contributed by atoms with E-state index in [9.17, 15) is 18.5 Å². The first-order valence-electron chi connectivity index (χ1n) is 6.32. The van der Waals surface area contributed by atoms with Crippen LogP contribution in [-0.2, 0) is 25.0 Å². The molecule has 7 heteroatoms. The minimum atomic E-state index is -3.77. The quantitative estimate of drug-likeness (QED) is 0.765. The molecule has 0 bridgehead atoms. The van der Waals surface area contributed by atoms with E-state index in [2.05, 4.69) is 0 Å². The monoisotopic (exact) mass is 310 g/mol. The SMILES string of the molecule is CCOC(=O)C(C)(C#N)c1ccccc1S(=O)(=O)N(C)C. The van der Waals surface area contributed by atoms with Crippen molar-refractivity contribution >= 4 is 16.0 Å². The number of esters is 1. The van der Waals surface area contributed by atoms with Gasteiger partial charge in [0.15, 0.2) is 5.41 Å². The van der Waals surface area contributed by atoms with Gasteiger partial charge in [-0.25, -0.2) is 17.5 Å². The van der Waals surface area contributed by atoms with E-state index in [4.69, 9.17) is 4.74 Å². The molecule has 0 aliphatic carbocycles. The summed E-state index contributed by atoms with van der Waals surface area (Å²) < 4.78 is 30.7. The maximum Gasteiger partial charge on any atom is 0.330 e. The molecule has 1 aromatic rings. The summed E-state index contributed by atoms with van der Waals surface area (Å²) in [5.74, 6) is -0.770. The number of hydrogen-bond donors (Lipinski definition) is 0. The summed E-state index contributed by atoms with van der Waals surface area (Å²) in [6.45, 7) is 3.09. The Morgan fingerprint density at radius 3 is 2.43 bits per heavy atom. The second kappa shape index (κ2) is 6.24. The first kappa shape index (κ1) is 17.1. The summed E-state index contributed by atoms with van der Waals surface area (Å²) in [4.78, 5) is 12.0. The number of carbonyl (C=O) groups excluding carboxylic acids is 1. The zero-order valence-corrected chi connectivity index (χ0v) is 13.3. The summed E-state index contributed by atoms with van der Waals surface area (Å²) in [6, 6.07) is 7.83. The van der Waals surface area contributed by atoms with Crippen LogP contribution in [0, 0.1) is 11.3 Å². The van der Waals surface area contributed by atoms with Gasteiger partial charge in [0.2, 0.25) is 10.0 Å². The molecule has 0 amide bonds. The van der Waals surface area contributed by atoms with Crippen LogP contribution in [0.4, 0.5) is 0 Å². The van der Waals surface area contributed by atoms with E-state index in [0.29, 0.717) is 0 Å².